The number of carbonyl (C=O) groups is 2. The van der Waals surface area contributed by atoms with Gasteiger partial charge < -0.3 is 10.4 Å². The van der Waals surface area contributed by atoms with Crippen molar-refractivity contribution < 1.29 is 14.7 Å². The molecular weight excluding hydrogens is 354 g/mol. The van der Waals surface area contributed by atoms with E-state index in [4.69, 9.17) is 11.6 Å². The van der Waals surface area contributed by atoms with Gasteiger partial charge in [-0.15, -0.1) is 0 Å². The number of rotatable bonds is 5. The first kappa shape index (κ1) is 17.7. The van der Waals surface area contributed by atoms with Gasteiger partial charge >= 0.3 is 6.09 Å². The Labute approximate surface area is 155 Å². The second-order valence-electron chi connectivity index (χ2n) is 5.65. The van der Waals surface area contributed by atoms with E-state index in [0.717, 1.165) is 15.7 Å². The molecule has 0 aliphatic carbocycles. The molecule has 26 heavy (non-hydrogen) atoms. The first-order valence-electron chi connectivity index (χ1n) is 7.92. The average molecular weight is 370 g/mol. The molecule has 7 heteroatoms. The summed E-state index contributed by atoms with van der Waals surface area (Å²) < 4.78 is 0. The normalized spacial score (nSPS) is 10.5. The largest absolute Gasteiger partial charge is 0.465 e. The molecule has 2 amide bonds. The van der Waals surface area contributed by atoms with Crippen molar-refractivity contribution in [1.29, 1.82) is 0 Å². The van der Waals surface area contributed by atoms with Gasteiger partial charge in [0.1, 0.15) is 0 Å². The summed E-state index contributed by atoms with van der Waals surface area (Å²) in [7, 11) is 0. The van der Waals surface area contributed by atoms with Crippen molar-refractivity contribution >= 4 is 45.7 Å². The van der Waals surface area contributed by atoms with Crippen molar-refractivity contribution in [3.8, 4) is 0 Å². The maximum absolute atomic E-state index is 12.2. The van der Waals surface area contributed by atoms with Gasteiger partial charge in [-0.05, 0) is 47.9 Å². The molecule has 1 heterocycles. The molecule has 2 N–H and O–H groups in total. The fraction of sp³-hybridized carbons (Fsp3) is 0.105. The second kappa shape index (κ2) is 7.84. The van der Waals surface area contributed by atoms with E-state index in [1.54, 1.807) is 42.7 Å². The highest BCUT2D eigenvalue weighted by molar-refractivity contribution is 6.30. The fourth-order valence-corrected chi connectivity index (χ4v) is 2.68. The minimum absolute atomic E-state index is 0.0311. The molecule has 1 aromatic heterocycles. The minimum atomic E-state index is -1.13. The number of hydrogen-bond acceptors (Lipinski definition) is 3. The minimum Gasteiger partial charge on any atom is -0.465 e. The van der Waals surface area contributed by atoms with Gasteiger partial charge in [0.15, 0.2) is 0 Å². The summed E-state index contributed by atoms with van der Waals surface area (Å²) in [6.45, 7) is 0.0420. The number of nitrogens with zero attached hydrogens (tertiary/aromatic N) is 2. The van der Waals surface area contributed by atoms with Crippen molar-refractivity contribution in [1.82, 2.24) is 4.98 Å². The SMILES string of the molecule is O=C(CCN(C(=O)O)c1ccc(Cl)cc1)Nc1ccc2cnccc2c1. The predicted molar refractivity (Wildman–Crippen MR) is 102 cm³/mol. The van der Waals surface area contributed by atoms with Crippen LogP contribution in [0.4, 0.5) is 16.2 Å². The molecule has 0 fully saturated rings. The van der Waals surface area contributed by atoms with Gasteiger partial charge in [0.25, 0.3) is 0 Å². The molecule has 0 aliphatic heterocycles. The Morgan fingerprint density at radius 3 is 2.58 bits per heavy atom. The molecule has 6 nitrogen and oxygen atoms in total. The number of carboxylic acid groups (broad SMARTS) is 1. The molecule has 0 bridgehead atoms. The zero-order valence-electron chi connectivity index (χ0n) is 13.7. The number of nitrogens with one attached hydrogen (secondary N) is 1. The average Bonchev–Trinajstić information content (AvgIpc) is 2.63. The van der Waals surface area contributed by atoms with E-state index in [-0.39, 0.29) is 18.9 Å². The monoisotopic (exact) mass is 369 g/mol. The summed E-state index contributed by atoms with van der Waals surface area (Å²) in [6.07, 6.45) is 2.34. The quantitative estimate of drug-likeness (QED) is 0.698. The van der Waals surface area contributed by atoms with Crippen LogP contribution in [0.5, 0.6) is 0 Å². The summed E-state index contributed by atoms with van der Waals surface area (Å²) in [5.74, 6) is -0.265. The van der Waals surface area contributed by atoms with Crippen molar-refractivity contribution in [2.75, 3.05) is 16.8 Å². The third-order valence-electron chi connectivity index (χ3n) is 3.86. The molecule has 0 atom stereocenters. The lowest BCUT2D eigenvalue weighted by atomic mass is 10.1. The highest BCUT2D eigenvalue weighted by Crippen LogP contribution is 2.20. The van der Waals surface area contributed by atoms with Gasteiger partial charge in [0, 0.05) is 47.1 Å². The predicted octanol–water partition coefficient (Wildman–Crippen LogP) is 4.40. The molecule has 0 radical (unpaired) electrons. The number of carbonyl (C=O) groups excluding carboxylic acids is 1. The molecule has 2 aromatic carbocycles. The Morgan fingerprint density at radius 2 is 1.85 bits per heavy atom. The third kappa shape index (κ3) is 4.29. The number of amides is 2. The van der Waals surface area contributed by atoms with E-state index in [2.05, 4.69) is 10.3 Å². The number of halogens is 1. The van der Waals surface area contributed by atoms with Crippen LogP contribution in [0.2, 0.25) is 5.02 Å². The summed E-state index contributed by atoms with van der Waals surface area (Å²) in [6, 6.07) is 13.8. The van der Waals surface area contributed by atoms with Crippen LogP contribution in [0, 0.1) is 0 Å². The van der Waals surface area contributed by atoms with Crippen LogP contribution in [0.15, 0.2) is 60.9 Å². The molecule has 3 rings (SSSR count). The zero-order chi connectivity index (χ0) is 18.5. The lowest BCUT2D eigenvalue weighted by Gasteiger charge is -2.19. The molecule has 132 valence electrons. The van der Waals surface area contributed by atoms with E-state index in [1.807, 2.05) is 18.2 Å². The van der Waals surface area contributed by atoms with Gasteiger partial charge in [-0.2, -0.15) is 0 Å². The van der Waals surface area contributed by atoms with Crippen LogP contribution in [0.1, 0.15) is 6.42 Å². The van der Waals surface area contributed by atoms with Crippen LogP contribution in [-0.4, -0.2) is 28.6 Å². The molecule has 0 unspecified atom stereocenters. The van der Waals surface area contributed by atoms with Crippen LogP contribution >= 0.6 is 11.6 Å². The number of fused-ring (bicyclic) bond motifs is 1. The number of benzene rings is 2. The lowest BCUT2D eigenvalue weighted by molar-refractivity contribution is -0.116. The molecule has 0 saturated carbocycles. The van der Waals surface area contributed by atoms with Crippen LogP contribution in [0.3, 0.4) is 0 Å². The van der Waals surface area contributed by atoms with E-state index >= 15 is 0 Å². The van der Waals surface area contributed by atoms with Gasteiger partial charge in [-0.1, -0.05) is 17.7 Å². The third-order valence-corrected chi connectivity index (χ3v) is 4.11. The van der Waals surface area contributed by atoms with Crippen molar-refractivity contribution in [2.24, 2.45) is 0 Å². The summed E-state index contributed by atoms with van der Waals surface area (Å²) >= 11 is 5.82. The van der Waals surface area contributed by atoms with Gasteiger partial charge in [-0.25, -0.2) is 4.79 Å². The van der Waals surface area contributed by atoms with E-state index in [9.17, 15) is 14.7 Å². The Hall–Kier alpha value is -3.12. The van der Waals surface area contributed by atoms with Gasteiger partial charge in [0.05, 0.1) is 0 Å². The van der Waals surface area contributed by atoms with Crippen molar-refractivity contribution in [3.05, 3.63) is 65.9 Å². The number of aromatic nitrogens is 1. The second-order valence-corrected chi connectivity index (χ2v) is 6.08. The number of anilines is 2. The van der Waals surface area contributed by atoms with Gasteiger partial charge in [-0.3, -0.25) is 14.7 Å². The molecular formula is C19H16ClN3O3. The van der Waals surface area contributed by atoms with Crippen LogP contribution < -0.4 is 10.2 Å². The molecule has 0 aliphatic rings. The summed E-state index contributed by atoms with van der Waals surface area (Å²) in [5.41, 5.74) is 1.12. The Kier molecular flexibility index (Phi) is 5.34. The Morgan fingerprint density at radius 1 is 1.08 bits per heavy atom. The zero-order valence-corrected chi connectivity index (χ0v) is 14.5. The number of pyridine rings is 1. The maximum Gasteiger partial charge on any atom is 0.411 e. The van der Waals surface area contributed by atoms with Crippen molar-refractivity contribution in [2.45, 2.75) is 6.42 Å². The maximum atomic E-state index is 12.2. The Balaban J connectivity index is 1.64. The van der Waals surface area contributed by atoms with Crippen molar-refractivity contribution in [3.63, 3.8) is 0 Å². The van der Waals surface area contributed by atoms with Gasteiger partial charge in [0.2, 0.25) is 5.91 Å². The molecule has 0 spiro atoms. The standard InChI is InChI=1S/C19H16ClN3O3/c20-15-2-5-17(6-3-15)23(19(25)26)10-8-18(24)22-16-4-1-14-12-21-9-7-13(14)11-16/h1-7,9,11-12H,8,10H2,(H,22,24)(H,25,26). The van der Waals surface area contributed by atoms with Crippen LogP contribution in [-0.2, 0) is 4.79 Å². The first-order chi connectivity index (χ1) is 12.5. The molecule has 3 aromatic rings. The summed E-state index contributed by atoms with van der Waals surface area (Å²) in [4.78, 5) is 28.8. The highest BCUT2D eigenvalue weighted by Gasteiger charge is 2.16. The first-order valence-corrected chi connectivity index (χ1v) is 8.30. The van der Waals surface area contributed by atoms with E-state index < -0.39 is 6.09 Å². The summed E-state index contributed by atoms with van der Waals surface area (Å²) in [5, 5.41) is 14.6. The molecule has 0 saturated heterocycles. The lowest BCUT2D eigenvalue weighted by Crippen LogP contribution is -2.32. The highest BCUT2D eigenvalue weighted by atomic mass is 35.5. The van der Waals surface area contributed by atoms with E-state index in [0.29, 0.717) is 16.4 Å². The Bertz CT molecular complexity index is 944. The number of hydrogen-bond donors (Lipinski definition) is 2. The van der Waals surface area contributed by atoms with Crippen LogP contribution in [0.25, 0.3) is 10.8 Å². The van der Waals surface area contributed by atoms with E-state index in [1.165, 1.54) is 0 Å². The topological polar surface area (TPSA) is 82.5 Å². The fourth-order valence-electron chi connectivity index (χ4n) is 2.55. The smallest absolute Gasteiger partial charge is 0.411 e.